The lowest BCUT2D eigenvalue weighted by Crippen LogP contribution is -2.31. The third-order valence-corrected chi connectivity index (χ3v) is 10.7. The molecule has 1 aliphatic heterocycles. The molecule has 3 aromatic carbocycles. The summed E-state index contributed by atoms with van der Waals surface area (Å²) in [5.41, 5.74) is 1.74. The number of hydrogen-bond acceptors (Lipinski definition) is 11. The highest BCUT2D eigenvalue weighted by Crippen LogP contribution is 2.37. The molecule has 0 saturated carbocycles. The Morgan fingerprint density at radius 1 is 1.14 bits per heavy atom. The van der Waals surface area contributed by atoms with Gasteiger partial charge in [0.1, 0.15) is 48.8 Å². The maximum atomic E-state index is 13.5. The number of carbonyl (C=O) groups is 1. The van der Waals surface area contributed by atoms with Crippen LogP contribution in [-0.4, -0.2) is 64.8 Å². The van der Waals surface area contributed by atoms with Crippen LogP contribution in [0.2, 0.25) is 5.02 Å². The highest BCUT2D eigenvalue weighted by Gasteiger charge is 2.38. The van der Waals surface area contributed by atoms with Crippen LogP contribution in [0.4, 0.5) is 21.6 Å². The van der Waals surface area contributed by atoms with E-state index in [4.69, 9.17) is 21.1 Å². The van der Waals surface area contributed by atoms with Gasteiger partial charge in [-0.1, -0.05) is 23.7 Å². The first-order valence-corrected chi connectivity index (χ1v) is 16.4. The minimum absolute atomic E-state index is 0.115. The molecule has 4 aromatic rings. The van der Waals surface area contributed by atoms with Crippen molar-refractivity contribution in [1.82, 2.24) is 9.97 Å². The zero-order valence-corrected chi connectivity index (χ0v) is 24.8. The molecule has 15 heteroatoms. The molecule has 2 heterocycles. The molecule has 5 rings (SSSR count). The first kappa shape index (κ1) is 30.8. The molecular formula is C28H26ClFN4O7S2. The van der Waals surface area contributed by atoms with Crippen LogP contribution >= 0.6 is 22.4 Å². The fourth-order valence-electron chi connectivity index (χ4n) is 4.23. The SMILES string of the molecule is O=C(Nc1cc2c(Nc3ccc(OCc4cccc(F)c4)c(Cl)c3)ncnc2cc1OCC(O)CO)C1CCSS1(=O)=O. The average molecular weight is 649 g/mol. The van der Waals surface area contributed by atoms with E-state index in [9.17, 15) is 27.8 Å². The maximum Gasteiger partial charge on any atom is 0.243 e. The molecule has 2 atom stereocenters. The summed E-state index contributed by atoms with van der Waals surface area (Å²) in [5.74, 6) is 0.0729. The number of aliphatic hydroxyl groups is 2. The molecule has 0 radical (unpaired) electrons. The number of carbonyl (C=O) groups excluding carboxylic acids is 1. The smallest absolute Gasteiger partial charge is 0.243 e. The maximum absolute atomic E-state index is 13.5. The molecular weight excluding hydrogens is 623 g/mol. The van der Waals surface area contributed by atoms with E-state index < -0.39 is 32.7 Å². The fraction of sp³-hybridized carbons (Fsp3) is 0.250. The van der Waals surface area contributed by atoms with Crippen molar-refractivity contribution in [1.29, 1.82) is 0 Å². The summed E-state index contributed by atoms with van der Waals surface area (Å²) in [6.45, 7) is -0.707. The van der Waals surface area contributed by atoms with Crippen LogP contribution in [0.1, 0.15) is 12.0 Å². The van der Waals surface area contributed by atoms with Gasteiger partial charge in [-0.15, -0.1) is 0 Å². The van der Waals surface area contributed by atoms with Crippen molar-refractivity contribution < 1.29 is 37.3 Å². The van der Waals surface area contributed by atoms with E-state index in [0.717, 1.165) is 10.8 Å². The van der Waals surface area contributed by atoms with E-state index >= 15 is 0 Å². The summed E-state index contributed by atoms with van der Waals surface area (Å²) in [7, 11) is -2.92. The van der Waals surface area contributed by atoms with Gasteiger partial charge in [-0.2, -0.15) is 0 Å². The van der Waals surface area contributed by atoms with Crippen LogP contribution in [0.5, 0.6) is 11.5 Å². The van der Waals surface area contributed by atoms with Gasteiger partial charge in [-0.05, 0) is 59.2 Å². The van der Waals surface area contributed by atoms with Gasteiger partial charge in [0.25, 0.3) is 0 Å². The van der Waals surface area contributed by atoms with Gasteiger partial charge in [-0.3, -0.25) is 4.79 Å². The second-order valence-electron chi connectivity index (χ2n) is 9.51. The Morgan fingerprint density at radius 3 is 2.70 bits per heavy atom. The molecule has 1 aliphatic rings. The third kappa shape index (κ3) is 7.46. The normalized spacial score (nSPS) is 16.5. The molecule has 0 aliphatic carbocycles. The average Bonchev–Trinajstić information content (AvgIpc) is 3.34. The van der Waals surface area contributed by atoms with E-state index in [1.165, 1.54) is 30.6 Å². The number of aromatic nitrogens is 2. The monoisotopic (exact) mass is 648 g/mol. The van der Waals surface area contributed by atoms with Gasteiger partial charge in [0.2, 0.25) is 14.8 Å². The number of fused-ring (bicyclic) bond motifs is 1. The molecule has 0 spiro atoms. The minimum atomic E-state index is -3.66. The molecule has 1 aromatic heterocycles. The number of rotatable bonds is 11. The number of hydrogen-bond donors (Lipinski definition) is 4. The Morgan fingerprint density at radius 2 is 1.98 bits per heavy atom. The van der Waals surface area contributed by atoms with Crippen LogP contribution in [0.25, 0.3) is 10.9 Å². The highest BCUT2D eigenvalue weighted by molar-refractivity contribution is 8.72. The molecule has 2 unspecified atom stereocenters. The predicted molar refractivity (Wildman–Crippen MR) is 162 cm³/mol. The van der Waals surface area contributed by atoms with E-state index in [2.05, 4.69) is 20.6 Å². The molecule has 1 amide bonds. The van der Waals surface area contributed by atoms with Gasteiger partial charge < -0.3 is 30.3 Å². The Bertz CT molecular complexity index is 1760. The number of aliphatic hydroxyl groups excluding tert-OH is 2. The number of halogens is 2. The van der Waals surface area contributed by atoms with Crippen molar-refractivity contribution >= 4 is 65.3 Å². The Labute approximate surface area is 254 Å². The van der Waals surface area contributed by atoms with Crippen molar-refractivity contribution in [2.24, 2.45) is 0 Å². The molecule has 0 bridgehead atoms. The zero-order chi connectivity index (χ0) is 30.6. The third-order valence-electron chi connectivity index (χ3n) is 6.38. The van der Waals surface area contributed by atoms with Crippen LogP contribution < -0.4 is 20.1 Å². The lowest BCUT2D eigenvalue weighted by molar-refractivity contribution is -0.115. The fourth-order valence-corrected chi connectivity index (χ4v) is 8.10. The number of nitrogens with one attached hydrogen (secondary N) is 2. The van der Waals surface area contributed by atoms with Crippen molar-refractivity contribution in [2.45, 2.75) is 24.4 Å². The van der Waals surface area contributed by atoms with E-state index in [0.29, 0.717) is 44.5 Å². The van der Waals surface area contributed by atoms with Crippen LogP contribution in [-0.2, 0) is 20.3 Å². The molecule has 4 N–H and O–H groups in total. The van der Waals surface area contributed by atoms with Gasteiger partial charge in [0.05, 0.1) is 22.8 Å². The summed E-state index contributed by atoms with van der Waals surface area (Å²) in [4.78, 5) is 21.6. The Hall–Kier alpha value is -3.69. The lowest BCUT2D eigenvalue weighted by atomic mass is 10.1. The summed E-state index contributed by atoms with van der Waals surface area (Å²) in [6, 6.07) is 14.1. The minimum Gasteiger partial charge on any atom is -0.489 e. The number of anilines is 3. The predicted octanol–water partition coefficient (Wildman–Crippen LogP) is 4.25. The molecule has 43 heavy (non-hydrogen) atoms. The number of nitrogens with zero attached hydrogens (tertiary/aromatic N) is 2. The van der Waals surface area contributed by atoms with Crippen LogP contribution in [0, 0.1) is 5.82 Å². The standard InChI is InChI=1S/C28H26ClFN4O7S2/c29-21-9-18(4-5-24(21)40-13-16-2-1-3-17(30)8-16)33-27-20-10-23(34-28(37)26-6-7-42-43(26,38)39)25(41-14-19(36)12-35)11-22(20)31-15-32-27/h1-5,8-11,15,19,26,35-36H,6-7,12-14H2,(H,34,37)(H,31,32,33). The van der Waals surface area contributed by atoms with E-state index in [-0.39, 0.29) is 36.9 Å². The van der Waals surface area contributed by atoms with Crippen molar-refractivity contribution in [2.75, 3.05) is 29.6 Å². The molecule has 1 fully saturated rings. The van der Waals surface area contributed by atoms with Gasteiger partial charge in [0, 0.05) is 22.9 Å². The second kappa shape index (κ2) is 13.3. The first-order chi connectivity index (χ1) is 20.6. The Kier molecular flexibility index (Phi) is 9.52. The largest absolute Gasteiger partial charge is 0.489 e. The summed E-state index contributed by atoms with van der Waals surface area (Å²) < 4.78 is 49.5. The summed E-state index contributed by atoms with van der Waals surface area (Å²) in [6.07, 6.45) is 0.305. The van der Waals surface area contributed by atoms with E-state index in [1.54, 1.807) is 30.3 Å². The number of benzene rings is 3. The molecule has 1 saturated heterocycles. The highest BCUT2D eigenvalue weighted by atomic mass is 35.5. The number of ether oxygens (including phenoxy) is 2. The van der Waals surface area contributed by atoms with Crippen molar-refractivity contribution in [3.05, 3.63) is 77.3 Å². The second-order valence-corrected chi connectivity index (χ2v) is 14.2. The Balaban J connectivity index is 1.41. The van der Waals surface area contributed by atoms with Crippen molar-refractivity contribution in [3.8, 4) is 11.5 Å². The van der Waals surface area contributed by atoms with Gasteiger partial charge in [-0.25, -0.2) is 22.8 Å². The van der Waals surface area contributed by atoms with E-state index in [1.807, 2.05) is 0 Å². The summed E-state index contributed by atoms with van der Waals surface area (Å²) >= 11 is 6.45. The van der Waals surface area contributed by atoms with Crippen molar-refractivity contribution in [3.63, 3.8) is 0 Å². The van der Waals surface area contributed by atoms with Gasteiger partial charge in [0.15, 0.2) is 5.25 Å². The lowest BCUT2D eigenvalue weighted by Gasteiger charge is -2.18. The summed E-state index contributed by atoms with van der Waals surface area (Å²) in [5, 5.41) is 24.3. The topological polar surface area (TPSA) is 160 Å². The zero-order valence-electron chi connectivity index (χ0n) is 22.4. The molecule has 226 valence electrons. The van der Waals surface area contributed by atoms with Gasteiger partial charge >= 0.3 is 0 Å². The quantitative estimate of drug-likeness (QED) is 0.172. The molecule has 11 nitrogen and oxygen atoms in total. The van der Waals surface area contributed by atoms with Crippen LogP contribution in [0.15, 0.2) is 60.9 Å². The number of amides is 1. The first-order valence-electron chi connectivity index (χ1n) is 13.0. The van der Waals surface area contributed by atoms with Crippen LogP contribution in [0.3, 0.4) is 0 Å².